The fourth-order valence-corrected chi connectivity index (χ4v) is 10.7. The van der Waals surface area contributed by atoms with Crippen LogP contribution in [0.1, 0.15) is 38.5 Å². The molecule has 3 nitrogen and oxygen atoms in total. The van der Waals surface area contributed by atoms with E-state index in [1.807, 2.05) is 0 Å². The zero-order valence-corrected chi connectivity index (χ0v) is 17.2. The summed E-state index contributed by atoms with van der Waals surface area (Å²) in [6.07, 6.45) is 22.5. The molecule has 3 rings (SSSR count). The molecule has 0 saturated carbocycles. The molecule has 0 N–H and O–H groups in total. The van der Waals surface area contributed by atoms with Crippen LogP contribution in [0.5, 0.6) is 0 Å². The molecule has 148 valence electrons. The molecule has 3 saturated heterocycles. The Morgan fingerprint density at radius 3 is 1.60 bits per heavy atom. The van der Waals surface area contributed by atoms with Crippen molar-refractivity contribution in [1.29, 1.82) is 0 Å². The van der Waals surface area contributed by atoms with Crippen LogP contribution < -0.4 is 0 Å². The van der Waals surface area contributed by atoms with Crippen molar-refractivity contribution in [2.45, 2.75) is 44.0 Å². The highest BCUT2D eigenvalue weighted by Gasteiger charge is 2.37. The maximum absolute atomic E-state index is 10.7. The third-order valence-electron chi connectivity index (χ3n) is 4.87. The second-order valence-electron chi connectivity index (χ2n) is 6.85. The van der Waals surface area contributed by atoms with Crippen LogP contribution in [0.25, 0.3) is 0 Å². The van der Waals surface area contributed by atoms with Gasteiger partial charge in [-0.1, -0.05) is 12.7 Å². The smallest absolute Gasteiger partial charge is 0.485 e. The molecule has 3 heterocycles. The van der Waals surface area contributed by atoms with Crippen molar-refractivity contribution in [3.8, 4) is 0 Å². The minimum atomic E-state index is -6.09. The van der Waals surface area contributed by atoms with Gasteiger partial charge in [0.15, 0.2) is 10.1 Å². The highest BCUT2D eigenvalue weighted by Crippen LogP contribution is 2.62. The molecule has 0 amide bonds. The summed E-state index contributed by atoms with van der Waals surface area (Å²) in [6.45, 7) is 4.04. The predicted molar refractivity (Wildman–Crippen MR) is 102 cm³/mol. The van der Waals surface area contributed by atoms with Crippen LogP contribution >= 0.6 is 15.2 Å². The Balaban J connectivity index is 0.000000333. The molecule has 0 aliphatic carbocycles. The monoisotopic (exact) mass is 420 g/mol. The average molecular weight is 420 g/mol. The van der Waals surface area contributed by atoms with Gasteiger partial charge >= 0.3 is 5.51 Å². The Hall–Kier alpha value is 0.300. The van der Waals surface area contributed by atoms with E-state index in [0.29, 0.717) is 7.92 Å². The molecule has 25 heavy (non-hydrogen) atoms. The lowest BCUT2D eigenvalue weighted by Crippen LogP contribution is -2.21. The summed E-state index contributed by atoms with van der Waals surface area (Å²) in [5.74, 6) is 0. The first-order valence-electron chi connectivity index (χ1n) is 8.80. The van der Waals surface area contributed by atoms with E-state index in [9.17, 15) is 13.2 Å². The first-order valence-corrected chi connectivity index (χ1v) is 14.6. The van der Waals surface area contributed by atoms with Gasteiger partial charge in [-0.05, 0) is 57.0 Å². The largest absolute Gasteiger partial charge is 0.741 e. The van der Waals surface area contributed by atoms with Gasteiger partial charge in [-0.3, -0.25) is 0 Å². The zero-order valence-electron chi connectivity index (χ0n) is 14.6. The summed E-state index contributed by atoms with van der Waals surface area (Å²) < 4.78 is 58.9. The summed E-state index contributed by atoms with van der Waals surface area (Å²) in [7, 11) is -6.26. The molecule has 3 aliphatic heterocycles. The predicted octanol–water partition coefficient (Wildman–Crippen LogP) is 5.09. The molecule has 0 spiro atoms. The van der Waals surface area contributed by atoms with Gasteiger partial charge in [0.05, 0.1) is 24.6 Å². The standard InChI is InChI=1S/C15H29P2.CHF3O3S/c1-2-12-17-13-6-3-9-16(10-4-7-14-17)11-5-8-15-17;2-1(3,4)8(5,6)7/h2H,1,3-15H2;(H,5,6,7)/q+1;/p-1. The van der Waals surface area contributed by atoms with Crippen molar-refractivity contribution >= 4 is 25.3 Å². The Labute approximate surface area is 151 Å². The zero-order chi connectivity index (χ0) is 19.0. The van der Waals surface area contributed by atoms with Crippen LogP contribution in [0, 0.1) is 0 Å². The van der Waals surface area contributed by atoms with E-state index in [1.54, 1.807) is 75.5 Å². The molecular formula is C16H29F3O3P2S. The van der Waals surface area contributed by atoms with Gasteiger partial charge in [0.2, 0.25) is 0 Å². The van der Waals surface area contributed by atoms with E-state index < -0.39 is 22.9 Å². The van der Waals surface area contributed by atoms with Gasteiger partial charge in [-0.2, -0.15) is 13.2 Å². The third-order valence-corrected chi connectivity index (χ3v) is 13.1. The van der Waals surface area contributed by atoms with Crippen LogP contribution in [0.3, 0.4) is 0 Å². The maximum atomic E-state index is 10.7. The van der Waals surface area contributed by atoms with Crippen molar-refractivity contribution in [3.05, 3.63) is 12.7 Å². The van der Waals surface area contributed by atoms with Gasteiger partial charge in [-0.25, -0.2) is 8.42 Å². The minimum Gasteiger partial charge on any atom is -0.741 e. The molecule has 9 heteroatoms. The van der Waals surface area contributed by atoms with Gasteiger partial charge < -0.3 is 4.55 Å². The Morgan fingerprint density at radius 2 is 1.32 bits per heavy atom. The van der Waals surface area contributed by atoms with Crippen molar-refractivity contribution in [2.24, 2.45) is 0 Å². The molecular weight excluding hydrogens is 391 g/mol. The Morgan fingerprint density at radius 1 is 0.960 bits per heavy atom. The SMILES string of the molecule is C=CC[P+]12CCCCP(CCCC1)CCCC2.O=S(=O)([O-])C(F)(F)F. The van der Waals surface area contributed by atoms with Crippen molar-refractivity contribution < 1.29 is 26.1 Å². The molecule has 0 aromatic carbocycles. The fourth-order valence-electron chi connectivity index (χ4n) is 3.57. The lowest BCUT2D eigenvalue weighted by Gasteiger charge is -2.31. The Kier molecular flexibility index (Phi) is 9.88. The second-order valence-corrected chi connectivity index (χ2v) is 15.3. The van der Waals surface area contributed by atoms with Crippen molar-refractivity contribution in [1.82, 2.24) is 0 Å². The number of rotatable bonds is 2. The molecule has 0 atom stereocenters. The van der Waals surface area contributed by atoms with E-state index in [-0.39, 0.29) is 0 Å². The molecule has 0 radical (unpaired) electrons. The number of fused-ring (bicyclic) bond motifs is 9. The first kappa shape index (κ1) is 23.3. The van der Waals surface area contributed by atoms with Crippen molar-refractivity contribution in [2.75, 3.05) is 43.1 Å². The topological polar surface area (TPSA) is 57.2 Å². The van der Waals surface area contributed by atoms with Gasteiger partial charge in [-0.15, -0.1) is 7.92 Å². The second kappa shape index (κ2) is 10.6. The lowest BCUT2D eigenvalue weighted by atomic mass is 10.4. The molecule has 3 fully saturated rings. The molecule has 0 unspecified atom stereocenters. The number of halogens is 3. The summed E-state index contributed by atoms with van der Waals surface area (Å²) in [4.78, 5) is 0. The van der Waals surface area contributed by atoms with Crippen LogP contribution in [0.4, 0.5) is 13.2 Å². The van der Waals surface area contributed by atoms with Crippen LogP contribution in [0.15, 0.2) is 12.7 Å². The molecule has 0 aromatic heterocycles. The molecule has 3 aliphatic rings. The quantitative estimate of drug-likeness (QED) is 0.271. The van der Waals surface area contributed by atoms with Gasteiger partial charge in [0.25, 0.3) is 0 Å². The number of allylic oxidation sites excluding steroid dienone is 1. The normalized spacial score (nSPS) is 28.9. The number of hydrogen-bond acceptors (Lipinski definition) is 3. The average Bonchev–Trinajstić information content (AvgIpc) is 2.51. The highest BCUT2D eigenvalue weighted by atomic mass is 32.2. The van der Waals surface area contributed by atoms with E-state index in [1.165, 1.54) is 6.16 Å². The summed E-state index contributed by atoms with van der Waals surface area (Å²) >= 11 is 0. The number of alkyl halides is 3. The van der Waals surface area contributed by atoms with Crippen molar-refractivity contribution in [3.63, 3.8) is 0 Å². The van der Waals surface area contributed by atoms with E-state index in [0.717, 1.165) is 0 Å². The van der Waals surface area contributed by atoms with E-state index in [4.69, 9.17) is 13.0 Å². The fraction of sp³-hybridized carbons (Fsp3) is 0.875. The first-order chi connectivity index (χ1) is 11.6. The summed E-state index contributed by atoms with van der Waals surface area (Å²) in [5.41, 5.74) is -5.65. The maximum Gasteiger partial charge on any atom is 0.485 e. The summed E-state index contributed by atoms with van der Waals surface area (Å²) in [5, 5.41) is 0. The minimum absolute atomic E-state index is 0.442. The van der Waals surface area contributed by atoms with Crippen LogP contribution in [-0.4, -0.2) is 61.6 Å². The van der Waals surface area contributed by atoms with Gasteiger partial charge in [0, 0.05) is 7.26 Å². The molecule has 2 bridgehead atoms. The lowest BCUT2D eigenvalue weighted by molar-refractivity contribution is -0.0517. The number of hydrogen-bond donors (Lipinski definition) is 0. The van der Waals surface area contributed by atoms with Gasteiger partial charge in [0.1, 0.15) is 0 Å². The summed E-state index contributed by atoms with van der Waals surface area (Å²) in [6, 6.07) is 0. The van der Waals surface area contributed by atoms with Crippen LogP contribution in [-0.2, 0) is 10.1 Å². The Bertz CT molecular complexity index is 478. The molecule has 0 aromatic rings. The van der Waals surface area contributed by atoms with Crippen LogP contribution in [0.2, 0.25) is 0 Å². The van der Waals surface area contributed by atoms with E-state index in [2.05, 4.69) is 12.7 Å². The van der Waals surface area contributed by atoms with E-state index >= 15 is 0 Å². The highest BCUT2D eigenvalue weighted by molar-refractivity contribution is 7.86. The third kappa shape index (κ3) is 8.69.